The van der Waals surface area contributed by atoms with E-state index in [0.717, 1.165) is 12.0 Å². The predicted molar refractivity (Wildman–Crippen MR) is 133 cm³/mol. The molecule has 0 aliphatic carbocycles. The molecule has 37 heavy (non-hydrogen) atoms. The van der Waals surface area contributed by atoms with Crippen LogP contribution in [0.4, 0.5) is 11.5 Å². The standard InChI is InChI=1S/C24H25N5O7S/c1-24(16-27-14-22(29(31)32)25-23(27)36-24)17-35-20-6-8-21(9-7-20)37(33,34)28-12-10-26(11-13-28)19-4-2-18(15-30)3-5-19/h2-9,14-15H,10-13,16-17H2,1H3/t24-/m1/s1. The Morgan fingerprint density at radius 2 is 1.78 bits per heavy atom. The first-order chi connectivity index (χ1) is 17.7. The largest absolute Gasteiger partial charge is 0.489 e. The molecule has 2 aliphatic rings. The quantitative estimate of drug-likeness (QED) is 0.245. The van der Waals surface area contributed by atoms with Gasteiger partial charge in [0.2, 0.25) is 10.0 Å². The van der Waals surface area contributed by atoms with Gasteiger partial charge in [0, 0.05) is 42.4 Å². The fourth-order valence-corrected chi connectivity index (χ4v) is 5.82. The van der Waals surface area contributed by atoms with Crippen LogP contribution in [0.25, 0.3) is 0 Å². The minimum Gasteiger partial charge on any atom is -0.489 e. The summed E-state index contributed by atoms with van der Waals surface area (Å²) in [6, 6.07) is 13.6. The highest BCUT2D eigenvalue weighted by Crippen LogP contribution is 2.31. The third kappa shape index (κ3) is 5.00. The van der Waals surface area contributed by atoms with E-state index in [1.807, 2.05) is 19.1 Å². The van der Waals surface area contributed by atoms with Gasteiger partial charge >= 0.3 is 11.8 Å². The van der Waals surface area contributed by atoms with Crippen LogP contribution >= 0.6 is 0 Å². The number of benzene rings is 2. The van der Waals surface area contributed by atoms with Gasteiger partial charge in [-0.05, 0) is 60.4 Å². The molecule has 2 aliphatic heterocycles. The Balaban J connectivity index is 1.16. The SMILES string of the molecule is C[C@]1(COc2ccc(S(=O)(=O)N3CCN(c4ccc(C=O)cc4)CC3)cc2)Cn2cc([N+](=O)[O-])nc2O1. The number of carbonyl (C=O) groups is 1. The summed E-state index contributed by atoms with van der Waals surface area (Å²) in [7, 11) is -3.66. The van der Waals surface area contributed by atoms with Gasteiger partial charge in [0.25, 0.3) is 0 Å². The van der Waals surface area contributed by atoms with Gasteiger partial charge in [-0.3, -0.25) is 9.36 Å². The van der Waals surface area contributed by atoms with Gasteiger partial charge < -0.3 is 24.5 Å². The second-order valence-corrected chi connectivity index (χ2v) is 11.1. The molecule has 1 saturated heterocycles. The van der Waals surface area contributed by atoms with E-state index in [0.29, 0.717) is 44.0 Å². The number of aldehydes is 1. The first-order valence-corrected chi connectivity index (χ1v) is 13.0. The van der Waals surface area contributed by atoms with E-state index in [-0.39, 0.29) is 23.3 Å². The number of hydrogen-bond donors (Lipinski definition) is 0. The van der Waals surface area contributed by atoms with Crippen LogP contribution in [0.15, 0.2) is 59.6 Å². The number of nitro groups is 1. The van der Waals surface area contributed by atoms with E-state index in [2.05, 4.69) is 9.88 Å². The number of hydrogen-bond acceptors (Lipinski definition) is 9. The first kappa shape index (κ1) is 24.7. The second kappa shape index (κ2) is 9.48. The zero-order valence-electron chi connectivity index (χ0n) is 20.0. The van der Waals surface area contributed by atoms with Crippen LogP contribution in [-0.4, -0.2) is 71.9 Å². The third-order valence-corrected chi connectivity index (χ3v) is 8.31. The molecular formula is C24H25N5O7S. The van der Waals surface area contributed by atoms with Crippen molar-refractivity contribution in [3.05, 3.63) is 70.4 Å². The molecule has 194 valence electrons. The first-order valence-electron chi connectivity index (χ1n) is 11.6. The molecule has 13 heteroatoms. The lowest BCUT2D eigenvalue weighted by Gasteiger charge is -2.35. The van der Waals surface area contributed by atoms with Crippen molar-refractivity contribution in [2.45, 2.75) is 24.0 Å². The molecule has 0 unspecified atom stereocenters. The molecule has 0 bridgehead atoms. The molecule has 1 atom stereocenters. The van der Waals surface area contributed by atoms with Gasteiger partial charge in [0.1, 0.15) is 24.8 Å². The van der Waals surface area contributed by atoms with Gasteiger partial charge in [0.05, 0.1) is 11.4 Å². The minimum atomic E-state index is -3.66. The van der Waals surface area contributed by atoms with Crippen molar-refractivity contribution in [1.29, 1.82) is 0 Å². The average Bonchev–Trinajstić information content (AvgIpc) is 3.43. The summed E-state index contributed by atoms with van der Waals surface area (Å²) in [6.07, 6.45) is 2.11. The molecule has 0 N–H and O–H groups in total. The highest BCUT2D eigenvalue weighted by Gasteiger charge is 2.41. The lowest BCUT2D eigenvalue weighted by molar-refractivity contribution is -0.389. The van der Waals surface area contributed by atoms with Crippen molar-refractivity contribution < 1.29 is 27.6 Å². The van der Waals surface area contributed by atoms with E-state index in [1.165, 1.54) is 22.6 Å². The highest BCUT2D eigenvalue weighted by atomic mass is 32.2. The Morgan fingerprint density at radius 1 is 1.11 bits per heavy atom. The Labute approximate surface area is 213 Å². The lowest BCUT2D eigenvalue weighted by Crippen LogP contribution is -2.48. The summed E-state index contributed by atoms with van der Waals surface area (Å²) in [5.74, 6) is 0.201. The Kier molecular flexibility index (Phi) is 6.33. The van der Waals surface area contributed by atoms with Gasteiger partial charge in [-0.15, -0.1) is 0 Å². The molecule has 1 aromatic heterocycles. The topological polar surface area (TPSA) is 137 Å². The summed E-state index contributed by atoms with van der Waals surface area (Å²) in [4.78, 5) is 27.3. The van der Waals surface area contributed by atoms with E-state index in [9.17, 15) is 23.3 Å². The Bertz CT molecular complexity index is 1390. The second-order valence-electron chi connectivity index (χ2n) is 9.18. The molecule has 1 fully saturated rings. The van der Waals surface area contributed by atoms with Crippen LogP contribution in [0.1, 0.15) is 17.3 Å². The summed E-state index contributed by atoms with van der Waals surface area (Å²) < 4.78 is 40.9. The van der Waals surface area contributed by atoms with Crippen LogP contribution in [0.3, 0.4) is 0 Å². The summed E-state index contributed by atoms with van der Waals surface area (Å²) in [6.45, 7) is 4.06. The summed E-state index contributed by atoms with van der Waals surface area (Å²) >= 11 is 0. The van der Waals surface area contributed by atoms with Crippen molar-refractivity contribution in [2.75, 3.05) is 37.7 Å². The summed E-state index contributed by atoms with van der Waals surface area (Å²) in [5, 5.41) is 10.9. The summed E-state index contributed by atoms with van der Waals surface area (Å²) in [5.41, 5.74) is 0.779. The number of ether oxygens (including phenoxy) is 2. The molecular weight excluding hydrogens is 502 g/mol. The number of piperazine rings is 1. The van der Waals surface area contributed by atoms with Crippen molar-refractivity contribution >= 4 is 27.8 Å². The molecule has 3 heterocycles. The van der Waals surface area contributed by atoms with Gasteiger partial charge in [-0.1, -0.05) is 0 Å². The average molecular weight is 528 g/mol. The minimum absolute atomic E-state index is 0.145. The third-order valence-electron chi connectivity index (χ3n) is 6.40. The molecule has 0 radical (unpaired) electrons. The van der Waals surface area contributed by atoms with Crippen molar-refractivity contribution in [1.82, 2.24) is 13.9 Å². The zero-order chi connectivity index (χ0) is 26.2. The monoisotopic (exact) mass is 527 g/mol. The smallest absolute Gasteiger partial charge is 0.415 e. The number of anilines is 1. The number of imidazole rings is 1. The molecule has 3 aromatic rings. The zero-order valence-corrected chi connectivity index (χ0v) is 20.8. The molecule has 0 amide bonds. The number of sulfonamides is 1. The van der Waals surface area contributed by atoms with E-state index >= 15 is 0 Å². The molecule has 0 spiro atoms. The Morgan fingerprint density at radius 3 is 2.38 bits per heavy atom. The number of nitrogens with zero attached hydrogens (tertiary/aromatic N) is 5. The maximum absolute atomic E-state index is 13.2. The molecule has 2 aromatic carbocycles. The number of aromatic nitrogens is 2. The number of carbonyl (C=O) groups excluding carboxylic acids is 1. The van der Waals surface area contributed by atoms with Gasteiger partial charge in [0.15, 0.2) is 5.60 Å². The molecule has 0 saturated carbocycles. The van der Waals surface area contributed by atoms with Gasteiger partial charge in [-0.25, -0.2) is 8.42 Å². The molecule has 12 nitrogen and oxygen atoms in total. The number of rotatable bonds is 8. The van der Waals surface area contributed by atoms with Crippen molar-refractivity contribution in [3.63, 3.8) is 0 Å². The van der Waals surface area contributed by atoms with Crippen LogP contribution < -0.4 is 14.4 Å². The lowest BCUT2D eigenvalue weighted by atomic mass is 10.1. The predicted octanol–water partition coefficient (Wildman–Crippen LogP) is 2.34. The van der Waals surface area contributed by atoms with Crippen LogP contribution in [0.2, 0.25) is 0 Å². The van der Waals surface area contributed by atoms with Crippen molar-refractivity contribution in [2.24, 2.45) is 0 Å². The Hall–Kier alpha value is -3.97. The van der Waals surface area contributed by atoms with Crippen LogP contribution in [0, 0.1) is 10.1 Å². The van der Waals surface area contributed by atoms with E-state index in [4.69, 9.17) is 9.47 Å². The normalized spacial score (nSPS) is 19.8. The maximum atomic E-state index is 13.2. The van der Waals surface area contributed by atoms with Gasteiger partial charge in [-0.2, -0.15) is 4.31 Å². The number of fused-ring (bicyclic) bond motifs is 1. The van der Waals surface area contributed by atoms with E-state index in [1.54, 1.807) is 28.8 Å². The maximum Gasteiger partial charge on any atom is 0.415 e. The molecule has 5 rings (SSSR count). The fourth-order valence-electron chi connectivity index (χ4n) is 4.40. The highest BCUT2D eigenvalue weighted by molar-refractivity contribution is 7.89. The fraction of sp³-hybridized carbons (Fsp3) is 0.333. The van der Waals surface area contributed by atoms with Crippen molar-refractivity contribution in [3.8, 4) is 11.8 Å². The van der Waals surface area contributed by atoms with E-state index < -0.39 is 20.5 Å². The van der Waals surface area contributed by atoms with Crippen LogP contribution in [-0.2, 0) is 16.6 Å². The van der Waals surface area contributed by atoms with Crippen LogP contribution in [0.5, 0.6) is 11.8 Å².